The first-order valence-electron chi connectivity index (χ1n) is 3.37. The first kappa shape index (κ1) is 9.91. The summed E-state index contributed by atoms with van der Waals surface area (Å²) in [6.07, 6.45) is 6.75. The third kappa shape index (κ3) is 6.80. The van der Waals surface area contributed by atoms with Crippen LogP contribution in [0, 0.1) is 0 Å². The maximum atomic E-state index is 10.8. The Hall–Kier alpha value is -1.09. The molecule has 0 aliphatic heterocycles. The van der Waals surface area contributed by atoms with Crippen molar-refractivity contribution in [2.24, 2.45) is 0 Å². The lowest BCUT2D eigenvalue weighted by Gasteiger charge is -1.96. The minimum atomic E-state index is -0.148. The molecule has 0 spiro atoms. The zero-order valence-corrected chi connectivity index (χ0v) is 6.83. The van der Waals surface area contributed by atoms with E-state index in [1.165, 1.54) is 13.2 Å². The van der Waals surface area contributed by atoms with Crippen molar-refractivity contribution < 1.29 is 9.53 Å². The first-order valence-corrected chi connectivity index (χ1v) is 3.37. The summed E-state index contributed by atoms with van der Waals surface area (Å²) in [5, 5.41) is 2.51. The Morgan fingerprint density at radius 1 is 1.55 bits per heavy atom. The molecular weight excluding hydrogens is 142 g/mol. The lowest BCUT2D eigenvalue weighted by molar-refractivity contribution is -0.117. The molecule has 0 aromatic heterocycles. The predicted octanol–water partition coefficient (Wildman–Crippen LogP) is 0.839. The van der Waals surface area contributed by atoms with Crippen molar-refractivity contribution >= 4 is 5.91 Å². The smallest absolute Gasteiger partial charge is 0.245 e. The number of nitrogens with one attached hydrogen (secondary N) is 1. The van der Waals surface area contributed by atoms with Crippen LogP contribution in [0.25, 0.3) is 0 Å². The minimum Gasteiger partial charge on any atom is -0.364 e. The Labute approximate surface area is 66.7 Å². The second-order valence-corrected chi connectivity index (χ2v) is 1.86. The summed E-state index contributed by atoms with van der Waals surface area (Å²) in [6.45, 7) is 2.14. The fourth-order valence-electron chi connectivity index (χ4n) is 0.456. The lowest BCUT2D eigenvalue weighted by Crippen LogP contribution is -2.22. The highest BCUT2D eigenvalue weighted by atomic mass is 16.5. The highest BCUT2D eigenvalue weighted by molar-refractivity contribution is 5.87. The van der Waals surface area contributed by atoms with Crippen LogP contribution in [-0.4, -0.2) is 19.7 Å². The van der Waals surface area contributed by atoms with Gasteiger partial charge < -0.3 is 10.1 Å². The maximum absolute atomic E-state index is 10.8. The summed E-state index contributed by atoms with van der Waals surface area (Å²) in [7, 11) is 1.52. The third-order valence-corrected chi connectivity index (χ3v) is 0.942. The van der Waals surface area contributed by atoms with E-state index in [1.54, 1.807) is 12.2 Å². The molecule has 3 heteroatoms. The summed E-state index contributed by atoms with van der Waals surface area (Å²) < 4.78 is 4.63. The van der Waals surface area contributed by atoms with Crippen molar-refractivity contribution in [2.75, 3.05) is 13.8 Å². The third-order valence-electron chi connectivity index (χ3n) is 0.942. The van der Waals surface area contributed by atoms with Crippen LogP contribution >= 0.6 is 0 Å². The highest BCUT2D eigenvalue weighted by Gasteiger charge is 1.89. The number of amides is 1. The van der Waals surface area contributed by atoms with Gasteiger partial charge in [0.1, 0.15) is 6.73 Å². The van der Waals surface area contributed by atoms with E-state index in [0.29, 0.717) is 0 Å². The summed E-state index contributed by atoms with van der Waals surface area (Å²) in [4.78, 5) is 10.8. The number of hydrogen-bond donors (Lipinski definition) is 1. The van der Waals surface area contributed by atoms with Gasteiger partial charge >= 0.3 is 0 Å². The van der Waals surface area contributed by atoms with Crippen molar-refractivity contribution in [3.05, 3.63) is 24.3 Å². The van der Waals surface area contributed by atoms with Gasteiger partial charge in [0.25, 0.3) is 0 Å². The molecule has 0 aliphatic rings. The zero-order valence-electron chi connectivity index (χ0n) is 6.83. The Balaban J connectivity index is 3.51. The molecule has 0 rings (SSSR count). The fraction of sp³-hybridized carbons (Fsp3) is 0.375. The quantitative estimate of drug-likeness (QED) is 0.371. The van der Waals surface area contributed by atoms with E-state index < -0.39 is 0 Å². The van der Waals surface area contributed by atoms with Crippen LogP contribution in [0.2, 0.25) is 0 Å². The van der Waals surface area contributed by atoms with E-state index in [2.05, 4.69) is 10.1 Å². The molecule has 3 nitrogen and oxygen atoms in total. The minimum absolute atomic E-state index is 0.148. The highest BCUT2D eigenvalue weighted by Crippen LogP contribution is 1.76. The molecule has 0 aromatic rings. The number of hydrogen-bond acceptors (Lipinski definition) is 2. The molecule has 1 amide bonds. The number of ether oxygens (including phenoxy) is 1. The van der Waals surface area contributed by atoms with Gasteiger partial charge in [0, 0.05) is 13.2 Å². The predicted molar refractivity (Wildman–Crippen MR) is 44.0 cm³/mol. The van der Waals surface area contributed by atoms with E-state index in [4.69, 9.17) is 0 Å². The second kappa shape index (κ2) is 7.02. The topological polar surface area (TPSA) is 38.3 Å². The molecule has 0 aliphatic carbocycles. The van der Waals surface area contributed by atoms with Crippen molar-refractivity contribution in [3.8, 4) is 0 Å². The van der Waals surface area contributed by atoms with Gasteiger partial charge in [0.05, 0.1) is 0 Å². The molecule has 0 aromatic carbocycles. The molecule has 0 heterocycles. The van der Waals surface area contributed by atoms with E-state index in [0.717, 1.165) is 0 Å². The van der Waals surface area contributed by atoms with Crippen LogP contribution in [0.15, 0.2) is 24.3 Å². The van der Waals surface area contributed by atoms with E-state index in [1.807, 2.05) is 13.0 Å². The van der Waals surface area contributed by atoms with E-state index >= 15 is 0 Å². The Morgan fingerprint density at radius 3 is 2.82 bits per heavy atom. The largest absolute Gasteiger partial charge is 0.364 e. The van der Waals surface area contributed by atoms with Crippen molar-refractivity contribution in [2.45, 2.75) is 6.92 Å². The van der Waals surface area contributed by atoms with Crippen LogP contribution in [0.1, 0.15) is 6.92 Å². The molecule has 0 saturated carbocycles. The number of carbonyl (C=O) groups excluding carboxylic acids is 1. The molecule has 0 unspecified atom stereocenters. The van der Waals surface area contributed by atoms with Gasteiger partial charge in [0.15, 0.2) is 0 Å². The van der Waals surface area contributed by atoms with Crippen molar-refractivity contribution in [3.63, 3.8) is 0 Å². The van der Waals surface area contributed by atoms with Gasteiger partial charge in [-0.05, 0) is 6.92 Å². The average Bonchev–Trinajstić information content (AvgIpc) is 2.01. The van der Waals surface area contributed by atoms with E-state index in [9.17, 15) is 4.79 Å². The number of methoxy groups -OCH3 is 1. The molecule has 0 radical (unpaired) electrons. The molecule has 0 atom stereocenters. The molecule has 11 heavy (non-hydrogen) atoms. The Bertz CT molecular complexity index is 161. The summed E-state index contributed by atoms with van der Waals surface area (Å²) in [5.41, 5.74) is 0. The molecular formula is C8H13NO2. The number of carbonyl (C=O) groups is 1. The summed E-state index contributed by atoms with van der Waals surface area (Å²) in [6, 6.07) is 0. The lowest BCUT2D eigenvalue weighted by atomic mass is 10.4. The van der Waals surface area contributed by atoms with Gasteiger partial charge in [-0.25, -0.2) is 0 Å². The van der Waals surface area contributed by atoms with Crippen molar-refractivity contribution in [1.82, 2.24) is 5.32 Å². The zero-order chi connectivity index (χ0) is 8.53. The molecule has 0 bridgehead atoms. The normalized spacial score (nSPS) is 11.1. The Morgan fingerprint density at radius 2 is 2.27 bits per heavy atom. The number of rotatable bonds is 4. The first-order chi connectivity index (χ1) is 5.31. The average molecular weight is 155 g/mol. The Kier molecular flexibility index (Phi) is 6.33. The summed E-state index contributed by atoms with van der Waals surface area (Å²) >= 11 is 0. The van der Waals surface area contributed by atoms with Crippen LogP contribution in [-0.2, 0) is 9.53 Å². The standard InChI is InChI=1S/C8H13NO2/c1-3-4-5-6-8(10)9-7-11-2/h3-6H,7H2,1-2H3,(H,9,10)/b4-3+,6-5+. The van der Waals surface area contributed by atoms with Gasteiger partial charge in [-0.2, -0.15) is 0 Å². The molecule has 62 valence electrons. The number of allylic oxidation sites excluding steroid dienone is 3. The molecule has 0 fully saturated rings. The van der Waals surface area contributed by atoms with E-state index in [-0.39, 0.29) is 12.6 Å². The van der Waals surface area contributed by atoms with Crippen LogP contribution < -0.4 is 5.32 Å². The molecule has 1 N–H and O–H groups in total. The molecule has 0 saturated heterocycles. The van der Waals surface area contributed by atoms with Crippen LogP contribution in [0.4, 0.5) is 0 Å². The van der Waals surface area contributed by atoms with Gasteiger partial charge in [-0.15, -0.1) is 0 Å². The SMILES string of the molecule is C/C=C/C=C/C(=O)NCOC. The van der Waals surface area contributed by atoms with Crippen molar-refractivity contribution in [1.29, 1.82) is 0 Å². The fourth-order valence-corrected chi connectivity index (χ4v) is 0.456. The maximum Gasteiger partial charge on any atom is 0.245 e. The van der Waals surface area contributed by atoms with Crippen LogP contribution in [0.3, 0.4) is 0 Å². The van der Waals surface area contributed by atoms with Gasteiger partial charge in [-0.1, -0.05) is 18.2 Å². The van der Waals surface area contributed by atoms with Crippen LogP contribution in [0.5, 0.6) is 0 Å². The van der Waals surface area contributed by atoms with Gasteiger partial charge in [0.2, 0.25) is 5.91 Å². The second-order valence-electron chi connectivity index (χ2n) is 1.86. The monoisotopic (exact) mass is 155 g/mol. The summed E-state index contributed by atoms with van der Waals surface area (Å²) in [5.74, 6) is -0.148. The van der Waals surface area contributed by atoms with Gasteiger partial charge in [-0.3, -0.25) is 4.79 Å².